The van der Waals surface area contributed by atoms with E-state index in [9.17, 15) is 4.79 Å². The van der Waals surface area contributed by atoms with Crippen LogP contribution in [0, 0.1) is 0 Å². The highest BCUT2D eigenvalue weighted by Crippen LogP contribution is 1.91. The van der Waals surface area contributed by atoms with Crippen molar-refractivity contribution < 1.29 is 4.79 Å². The van der Waals surface area contributed by atoms with E-state index in [4.69, 9.17) is 5.73 Å². The van der Waals surface area contributed by atoms with Crippen molar-refractivity contribution in [2.45, 2.75) is 26.7 Å². The highest BCUT2D eigenvalue weighted by molar-refractivity contribution is 5.92. The first-order valence-corrected chi connectivity index (χ1v) is 3.81. The van der Waals surface area contributed by atoms with E-state index in [0.717, 1.165) is 12.8 Å². The second-order valence-corrected chi connectivity index (χ2v) is 2.40. The summed E-state index contributed by atoms with van der Waals surface area (Å²) >= 11 is 0. The third-order valence-electron chi connectivity index (χ3n) is 1.27. The lowest BCUT2D eigenvalue weighted by molar-refractivity contribution is -0.113. The number of rotatable bonds is 4. The first kappa shape index (κ1) is 9.95. The Kier molecular flexibility index (Phi) is 5.17. The molecule has 0 aliphatic carbocycles. The van der Waals surface area contributed by atoms with E-state index in [-0.39, 0.29) is 5.78 Å². The second-order valence-electron chi connectivity index (χ2n) is 2.40. The molecule has 0 saturated carbocycles. The van der Waals surface area contributed by atoms with Crippen LogP contribution < -0.4 is 5.73 Å². The number of hydrogen-bond donors (Lipinski definition) is 1. The molecule has 0 aromatic carbocycles. The Morgan fingerprint density at radius 3 is 2.64 bits per heavy atom. The maximum Gasteiger partial charge on any atom is 0.175 e. The van der Waals surface area contributed by atoms with Crippen molar-refractivity contribution in [1.82, 2.24) is 0 Å². The summed E-state index contributed by atoms with van der Waals surface area (Å²) in [4.78, 5) is 10.6. The van der Waals surface area contributed by atoms with Gasteiger partial charge in [0.1, 0.15) is 0 Å². The number of carbonyl (C=O) groups is 1. The van der Waals surface area contributed by atoms with E-state index in [0.29, 0.717) is 5.70 Å². The van der Waals surface area contributed by atoms with Crippen molar-refractivity contribution in [2.24, 2.45) is 5.73 Å². The van der Waals surface area contributed by atoms with Crippen molar-refractivity contribution in [3.8, 4) is 0 Å². The molecule has 0 aliphatic rings. The first-order chi connectivity index (χ1) is 5.18. The molecule has 0 spiro atoms. The van der Waals surface area contributed by atoms with E-state index in [1.54, 1.807) is 6.08 Å². The van der Waals surface area contributed by atoms with E-state index < -0.39 is 0 Å². The van der Waals surface area contributed by atoms with Gasteiger partial charge in [-0.2, -0.15) is 0 Å². The van der Waals surface area contributed by atoms with E-state index in [2.05, 4.69) is 6.92 Å². The zero-order chi connectivity index (χ0) is 8.69. The number of Topliss-reactive ketones (excluding diaryl/α,β-unsaturated/α-hetero) is 1. The quantitative estimate of drug-likeness (QED) is 0.494. The van der Waals surface area contributed by atoms with Gasteiger partial charge in [-0.05, 0) is 12.5 Å². The van der Waals surface area contributed by atoms with Crippen LogP contribution in [0.2, 0.25) is 0 Å². The van der Waals surface area contributed by atoms with Crippen LogP contribution in [0.3, 0.4) is 0 Å². The van der Waals surface area contributed by atoms with E-state index in [1.807, 2.05) is 12.2 Å². The van der Waals surface area contributed by atoms with Gasteiger partial charge in [0.2, 0.25) is 0 Å². The van der Waals surface area contributed by atoms with Crippen LogP contribution in [0.5, 0.6) is 0 Å². The van der Waals surface area contributed by atoms with Gasteiger partial charge in [0.05, 0.1) is 5.70 Å². The maximum absolute atomic E-state index is 10.6. The Labute approximate surface area is 67.8 Å². The molecule has 11 heavy (non-hydrogen) atoms. The molecular weight excluding hydrogens is 138 g/mol. The molecule has 0 aromatic heterocycles. The van der Waals surface area contributed by atoms with E-state index in [1.165, 1.54) is 6.92 Å². The molecule has 0 aromatic rings. The predicted molar refractivity (Wildman–Crippen MR) is 47.0 cm³/mol. The minimum atomic E-state index is -0.0776. The standard InChI is InChI=1S/C9H15NO/c1-3-4-5-6-7-9(10)8(2)11/h5-7H,3-4,10H2,1-2H3/b6-5-,9-7-. The average Bonchev–Trinajstić information content (AvgIpc) is 1.97. The van der Waals surface area contributed by atoms with Gasteiger partial charge in [-0.15, -0.1) is 0 Å². The topological polar surface area (TPSA) is 43.1 Å². The van der Waals surface area contributed by atoms with Gasteiger partial charge >= 0.3 is 0 Å². The molecule has 0 saturated heterocycles. The Morgan fingerprint density at radius 1 is 1.55 bits per heavy atom. The second kappa shape index (κ2) is 5.71. The fourth-order valence-corrected chi connectivity index (χ4v) is 0.552. The molecule has 0 rings (SSSR count). The minimum absolute atomic E-state index is 0.0776. The SMILES string of the molecule is CCC/C=C\C=C(/N)C(C)=O. The van der Waals surface area contributed by atoms with Gasteiger partial charge in [-0.1, -0.05) is 25.5 Å². The van der Waals surface area contributed by atoms with Crippen LogP contribution in [0.25, 0.3) is 0 Å². The van der Waals surface area contributed by atoms with Crippen molar-refractivity contribution in [3.63, 3.8) is 0 Å². The van der Waals surface area contributed by atoms with Gasteiger partial charge in [-0.25, -0.2) is 0 Å². The summed E-state index contributed by atoms with van der Waals surface area (Å²) in [6.07, 6.45) is 7.60. The fraction of sp³-hybridized carbons (Fsp3) is 0.444. The molecule has 0 fully saturated rings. The third kappa shape index (κ3) is 5.40. The summed E-state index contributed by atoms with van der Waals surface area (Å²) in [5, 5.41) is 0. The predicted octanol–water partition coefficient (Wildman–Crippen LogP) is 1.77. The highest BCUT2D eigenvalue weighted by Gasteiger charge is 1.91. The summed E-state index contributed by atoms with van der Waals surface area (Å²) in [5.41, 5.74) is 5.68. The van der Waals surface area contributed by atoms with Crippen molar-refractivity contribution in [2.75, 3.05) is 0 Å². The number of hydrogen-bond acceptors (Lipinski definition) is 2. The number of allylic oxidation sites excluding steroid dienone is 4. The van der Waals surface area contributed by atoms with Crippen LogP contribution in [-0.2, 0) is 4.79 Å². The van der Waals surface area contributed by atoms with Gasteiger partial charge < -0.3 is 5.73 Å². The van der Waals surface area contributed by atoms with Gasteiger partial charge in [0, 0.05) is 6.92 Å². The zero-order valence-electron chi connectivity index (χ0n) is 7.13. The monoisotopic (exact) mass is 153 g/mol. The van der Waals surface area contributed by atoms with Crippen molar-refractivity contribution in [1.29, 1.82) is 0 Å². The van der Waals surface area contributed by atoms with Crippen LogP contribution in [0.4, 0.5) is 0 Å². The van der Waals surface area contributed by atoms with Crippen LogP contribution in [-0.4, -0.2) is 5.78 Å². The molecule has 2 heteroatoms. The average molecular weight is 153 g/mol. The highest BCUT2D eigenvalue weighted by atomic mass is 16.1. The summed E-state index contributed by atoms with van der Waals surface area (Å²) in [5.74, 6) is -0.0776. The normalized spacial score (nSPS) is 12.4. The Morgan fingerprint density at radius 2 is 2.18 bits per heavy atom. The van der Waals surface area contributed by atoms with Crippen molar-refractivity contribution >= 4 is 5.78 Å². The summed E-state index contributed by atoms with van der Waals surface area (Å²) < 4.78 is 0. The number of nitrogens with two attached hydrogens (primary N) is 1. The minimum Gasteiger partial charge on any atom is -0.396 e. The molecular formula is C9H15NO. The molecule has 0 heterocycles. The smallest absolute Gasteiger partial charge is 0.175 e. The first-order valence-electron chi connectivity index (χ1n) is 3.81. The molecule has 0 radical (unpaired) electrons. The van der Waals surface area contributed by atoms with Crippen molar-refractivity contribution in [3.05, 3.63) is 23.9 Å². The lowest BCUT2D eigenvalue weighted by Gasteiger charge is -1.89. The van der Waals surface area contributed by atoms with Crippen LogP contribution in [0.15, 0.2) is 23.9 Å². The Hall–Kier alpha value is -1.05. The van der Waals surface area contributed by atoms with Crippen LogP contribution >= 0.6 is 0 Å². The maximum atomic E-state index is 10.6. The molecule has 2 nitrogen and oxygen atoms in total. The largest absolute Gasteiger partial charge is 0.396 e. The molecule has 0 unspecified atom stereocenters. The molecule has 0 amide bonds. The summed E-state index contributed by atoms with van der Waals surface area (Å²) in [6, 6.07) is 0. The number of carbonyl (C=O) groups excluding carboxylic acids is 1. The van der Waals surface area contributed by atoms with Gasteiger partial charge in [0.15, 0.2) is 5.78 Å². The molecule has 0 aliphatic heterocycles. The van der Waals surface area contributed by atoms with Gasteiger partial charge in [0.25, 0.3) is 0 Å². The molecule has 2 N–H and O–H groups in total. The van der Waals surface area contributed by atoms with Gasteiger partial charge in [-0.3, -0.25) is 4.79 Å². The fourth-order valence-electron chi connectivity index (χ4n) is 0.552. The Balaban J connectivity index is 3.81. The molecule has 0 atom stereocenters. The lowest BCUT2D eigenvalue weighted by Crippen LogP contribution is -2.05. The summed E-state index contributed by atoms with van der Waals surface area (Å²) in [7, 11) is 0. The molecule has 62 valence electrons. The summed E-state index contributed by atoms with van der Waals surface area (Å²) in [6.45, 7) is 3.56. The number of unbranched alkanes of at least 4 members (excludes halogenated alkanes) is 1. The van der Waals surface area contributed by atoms with Crippen LogP contribution in [0.1, 0.15) is 26.7 Å². The van der Waals surface area contributed by atoms with E-state index >= 15 is 0 Å². The molecule has 0 bridgehead atoms. The zero-order valence-corrected chi connectivity index (χ0v) is 7.13. The lowest BCUT2D eigenvalue weighted by atomic mass is 10.2. The third-order valence-corrected chi connectivity index (χ3v) is 1.27. The Bertz CT molecular complexity index is 180. The number of ketones is 1.